The molecule has 3 rings (SSSR count). The summed E-state index contributed by atoms with van der Waals surface area (Å²) in [5.74, 6) is -1.18. The van der Waals surface area contributed by atoms with Gasteiger partial charge in [-0.05, 0) is 18.6 Å². The molecular weight excluding hydrogens is 444 g/mol. The molecule has 0 unspecified atom stereocenters. The van der Waals surface area contributed by atoms with Crippen molar-refractivity contribution >= 4 is 17.7 Å². The molecule has 1 aromatic rings. The Bertz CT molecular complexity index is 765. The average Bonchev–Trinajstić information content (AvgIpc) is 3.10. The summed E-state index contributed by atoms with van der Waals surface area (Å²) < 4.78 is 27.6. The van der Waals surface area contributed by atoms with E-state index < -0.39 is 17.9 Å². The molecule has 0 aliphatic carbocycles. The standard InChI is InChI=1S/C24H34N2O8/c1-2-21(26-22(27)19-5-3-4-6-20(19)23(26)28)24(29)25-7-9-30-11-13-32-15-17-34-18-16-33-14-12-31-10-8-25/h3-6,21H,2,7-18H2,1H3/t21-/m0/s1. The number of nitrogens with zero attached hydrogens (tertiary/aromatic N) is 2. The van der Waals surface area contributed by atoms with Crippen molar-refractivity contribution in [1.82, 2.24) is 9.80 Å². The Morgan fingerprint density at radius 2 is 1.12 bits per heavy atom. The van der Waals surface area contributed by atoms with Crippen LogP contribution in [-0.2, 0) is 28.5 Å². The van der Waals surface area contributed by atoms with Crippen molar-refractivity contribution < 1.29 is 38.1 Å². The van der Waals surface area contributed by atoms with Gasteiger partial charge >= 0.3 is 0 Å². The predicted molar refractivity (Wildman–Crippen MR) is 122 cm³/mol. The Morgan fingerprint density at radius 3 is 1.50 bits per heavy atom. The Balaban J connectivity index is 1.63. The minimum absolute atomic E-state index is 0.299. The smallest absolute Gasteiger partial charge is 0.262 e. The number of carbonyl (C=O) groups excluding carboxylic acids is 3. The first-order chi connectivity index (χ1) is 16.6. The lowest BCUT2D eigenvalue weighted by Crippen LogP contribution is -2.52. The third-order valence-electron chi connectivity index (χ3n) is 5.62. The van der Waals surface area contributed by atoms with Crippen molar-refractivity contribution in [3.8, 4) is 0 Å². The van der Waals surface area contributed by atoms with Gasteiger partial charge in [0.05, 0.1) is 77.2 Å². The first kappa shape index (κ1) is 26.2. The molecule has 1 saturated heterocycles. The Hall–Kier alpha value is -2.37. The monoisotopic (exact) mass is 478 g/mol. The largest absolute Gasteiger partial charge is 0.377 e. The molecule has 188 valence electrons. The molecule has 2 aliphatic rings. The molecule has 2 heterocycles. The van der Waals surface area contributed by atoms with Crippen molar-refractivity contribution in [2.24, 2.45) is 0 Å². The molecule has 1 aromatic carbocycles. The third-order valence-corrected chi connectivity index (χ3v) is 5.62. The van der Waals surface area contributed by atoms with Crippen LogP contribution in [0.15, 0.2) is 24.3 Å². The van der Waals surface area contributed by atoms with E-state index >= 15 is 0 Å². The number of carbonyl (C=O) groups is 3. The second-order valence-electron chi connectivity index (χ2n) is 7.84. The number of ether oxygens (including phenoxy) is 5. The van der Waals surface area contributed by atoms with E-state index in [2.05, 4.69) is 0 Å². The van der Waals surface area contributed by atoms with Crippen molar-refractivity contribution in [3.63, 3.8) is 0 Å². The molecule has 2 aliphatic heterocycles. The van der Waals surface area contributed by atoms with Gasteiger partial charge in [0, 0.05) is 13.1 Å². The maximum atomic E-state index is 13.5. The van der Waals surface area contributed by atoms with Gasteiger partial charge in [-0.25, -0.2) is 0 Å². The number of fused-ring (bicyclic) bond motifs is 1. The van der Waals surface area contributed by atoms with E-state index in [1.807, 2.05) is 0 Å². The van der Waals surface area contributed by atoms with E-state index in [-0.39, 0.29) is 5.91 Å². The lowest BCUT2D eigenvalue weighted by molar-refractivity contribution is -0.137. The van der Waals surface area contributed by atoms with Crippen molar-refractivity contribution in [2.75, 3.05) is 79.2 Å². The number of imide groups is 1. The molecule has 1 atom stereocenters. The maximum Gasteiger partial charge on any atom is 0.262 e. The van der Waals surface area contributed by atoms with Crippen LogP contribution in [0.2, 0.25) is 0 Å². The molecule has 0 bridgehead atoms. The number of rotatable bonds is 3. The van der Waals surface area contributed by atoms with Gasteiger partial charge in [0.25, 0.3) is 11.8 Å². The van der Waals surface area contributed by atoms with Gasteiger partial charge in [-0.3, -0.25) is 19.3 Å². The van der Waals surface area contributed by atoms with E-state index in [0.717, 1.165) is 4.90 Å². The number of benzene rings is 1. The van der Waals surface area contributed by atoms with Crippen LogP contribution >= 0.6 is 0 Å². The molecule has 0 radical (unpaired) electrons. The summed E-state index contributed by atoms with van der Waals surface area (Å²) in [6, 6.07) is 5.75. The zero-order chi connectivity index (χ0) is 24.2. The quantitative estimate of drug-likeness (QED) is 0.593. The van der Waals surface area contributed by atoms with Gasteiger partial charge in [0.1, 0.15) is 6.04 Å². The number of hydrogen-bond acceptors (Lipinski definition) is 8. The summed E-state index contributed by atoms with van der Waals surface area (Å²) >= 11 is 0. The van der Waals surface area contributed by atoms with E-state index in [9.17, 15) is 14.4 Å². The highest BCUT2D eigenvalue weighted by atomic mass is 16.6. The lowest BCUT2D eigenvalue weighted by atomic mass is 10.1. The highest BCUT2D eigenvalue weighted by Crippen LogP contribution is 2.26. The van der Waals surface area contributed by atoms with E-state index in [0.29, 0.717) is 96.7 Å². The molecule has 34 heavy (non-hydrogen) atoms. The molecule has 0 spiro atoms. The maximum absolute atomic E-state index is 13.5. The van der Waals surface area contributed by atoms with Crippen LogP contribution in [0.25, 0.3) is 0 Å². The van der Waals surface area contributed by atoms with Crippen LogP contribution in [0, 0.1) is 0 Å². The molecule has 10 nitrogen and oxygen atoms in total. The van der Waals surface area contributed by atoms with Gasteiger partial charge in [0.2, 0.25) is 5.91 Å². The fourth-order valence-corrected chi connectivity index (χ4v) is 3.83. The summed E-state index contributed by atoms with van der Waals surface area (Å²) in [6.07, 6.45) is 0.312. The third kappa shape index (κ3) is 7.07. The van der Waals surface area contributed by atoms with Gasteiger partial charge in [-0.2, -0.15) is 0 Å². The normalized spacial score (nSPS) is 21.0. The van der Waals surface area contributed by atoms with Crippen molar-refractivity contribution in [3.05, 3.63) is 35.4 Å². The van der Waals surface area contributed by atoms with Crippen LogP contribution in [0.4, 0.5) is 0 Å². The van der Waals surface area contributed by atoms with Crippen molar-refractivity contribution in [1.29, 1.82) is 0 Å². The first-order valence-corrected chi connectivity index (χ1v) is 11.8. The fraction of sp³-hybridized carbons (Fsp3) is 0.625. The topological polar surface area (TPSA) is 104 Å². The predicted octanol–water partition coefficient (Wildman–Crippen LogP) is 0.986. The van der Waals surface area contributed by atoms with E-state index in [1.54, 1.807) is 36.1 Å². The minimum Gasteiger partial charge on any atom is -0.377 e. The van der Waals surface area contributed by atoms with Crippen LogP contribution in [0.3, 0.4) is 0 Å². The lowest BCUT2D eigenvalue weighted by Gasteiger charge is -2.31. The van der Waals surface area contributed by atoms with Crippen LogP contribution in [0.1, 0.15) is 34.1 Å². The van der Waals surface area contributed by atoms with Crippen molar-refractivity contribution in [2.45, 2.75) is 19.4 Å². The zero-order valence-corrected chi connectivity index (χ0v) is 19.7. The van der Waals surface area contributed by atoms with Gasteiger partial charge in [0.15, 0.2) is 0 Å². The minimum atomic E-state index is -0.892. The summed E-state index contributed by atoms with van der Waals surface area (Å²) in [5, 5.41) is 0. The highest BCUT2D eigenvalue weighted by Gasteiger charge is 2.42. The molecular formula is C24H34N2O8. The van der Waals surface area contributed by atoms with E-state index in [4.69, 9.17) is 23.7 Å². The average molecular weight is 479 g/mol. The Morgan fingerprint density at radius 1 is 0.735 bits per heavy atom. The molecule has 3 amide bonds. The zero-order valence-electron chi connectivity index (χ0n) is 19.7. The summed E-state index contributed by atoms with van der Waals surface area (Å²) in [4.78, 5) is 42.0. The highest BCUT2D eigenvalue weighted by molar-refractivity contribution is 6.22. The second kappa shape index (κ2) is 14.1. The molecule has 0 N–H and O–H groups in total. The molecule has 0 saturated carbocycles. The van der Waals surface area contributed by atoms with Crippen LogP contribution < -0.4 is 0 Å². The SMILES string of the molecule is CC[C@@H](C(=O)N1CCOCCOCCOCCOCCOCC1)N1C(=O)c2ccccc2C1=O. The first-order valence-electron chi connectivity index (χ1n) is 11.8. The molecule has 1 fully saturated rings. The fourth-order valence-electron chi connectivity index (χ4n) is 3.83. The second-order valence-corrected chi connectivity index (χ2v) is 7.84. The Labute approximate surface area is 200 Å². The summed E-state index contributed by atoms with van der Waals surface area (Å²) in [7, 11) is 0. The van der Waals surface area contributed by atoms with Gasteiger partial charge in [-0.1, -0.05) is 19.1 Å². The van der Waals surface area contributed by atoms with Gasteiger partial charge in [-0.15, -0.1) is 0 Å². The van der Waals surface area contributed by atoms with Crippen LogP contribution in [-0.4, -0.2) is 113 Å². The Kier molecular flexibility index (Phi) is 10.9. The van der Waals surface area contributed by atoms with E-state index in [1.165, 1.54) is 0 Å². The number of amides is 3. The molecule has 0 aromatic heterocycles. The molecule has 10 heteroatoms. The summed E-state index contributed by atoms with van der Waals surface area (Å²) in [5.41, 5.74) is 0.658. The van der Waals surface area contributed by atoms with Crippen LogP contribution in [0.5, 0.6) is 0 Å². The number of hydrogen-bond donors (Lipinski definition) is 0. The summed E-state index contributed by atoms with van der Waals surface area (Å²) in [6.45, 7) is 6.52. The van der Waals surface area contributed by atoms with Gasteiger partial charge < -0.3 is 28.6 Å².